The van der Waals surface area contributed by atoms with Crippen molar-refractivity contribution in [1.82, 2.24) is 0 Å². The minimum atomic E-state index is 0.492. The van der Waals surface area contributed by atoms with Gasteiger partial charge in [-0.1, -0.05) is 30.3 Å². The third kappa shape index (κ3) is 3.43. The summed E-state index contributed by atoms with van der Waals surface area (Å²) in [6.45, 7) is 2.57. The maximum atomic E-state index is 11.2. The maximum Gasteiger partial charge on any atom is 0.150 e. The van der Waals surface area contributed by atoms with Gasteiger partial charge in [0, 0.05) is 15.3 Å². The van der Waals surface area contributed by atoms with Crippen molar-refractivity contribution < 1.29 is 9.53 Å². The number of carbonyl (C=O) groups excluding carboxylic acids is 1. The molecule has 0 atom stereocenters. The van der Waals surface area contributed by atoms with Gasteiger partial charge in [0.15, 0.2) is 0 Å². The van der Waals surface area contributed by atoms with E-state index in [0.717, 1.165) is 28.0 Å². The van der Waals surface area contributed by atoms with E-state index in [1.54, 1.807) is 17.4 Å². The van der Waals surface area contributed by atoms with E-state index >= 15 is 0 Å². The van der Waals surface area contributed by atoms with Crippen LogP contribution in [0.5, 0.6) is 5.75 Å². The smallest absolute Gasteiger partial charge is 0.150 e. The molecule has 0 radical (unpaired) electrons. The van der Waals surface area contributed by atoms with Crippen LogP contribution in [-0.2, 0) is 6.61 Å². The maximum absolute atomic E-state index is 11.2. The van der Waals surface area contributed by atoms with Gasteiger partial charge in [0.05, 0.1) is 0 Å². The number of rotatable bonds is 5. The molecule has 0 amide bonds. The van der Waals surface area contributed by atoms with E-state index in [1.165, 1.54) is 4.88 Å². The Morgan fingerprint density at radius 1 is 1.05 bits per heavy atom. The Bertz CT molecular complexity index is 775. The van der Waals surface area contributed by atoms with E-state index in [0.29, 0.717) is 12.2 Å². The van der Waals surface area contributed by atoms with Crippen molar-refractivity contribution in [1.29, 1.82) is 0 Å². The summed E-state index contributed by atoms with van der Waals surface area (Å²) in [5, 5.41) is 0. The van der Waals surface area contributed by atoms with E-state index in [4.69, 9.17) is 4.74 Å². The van der Waals surface area contributed by atoms with Gasteiger partial charge < -0.3 is 4.74 Å². The first-order valence-electron chi connectivity index (χ1n) is 7.08. The Kier molecular flexibility index (Phi) is 4.35. The summed E-state index contributed by atoms with van der Waals surface area (Å²) >= 11 is 1.71. The highest BCUT2D eigenvalue weighted by molar-refractivity contribution is 7.15. The van der Waals surface area contributed by atoms with Gasteiger partial charge in [0.1, 0.15) is 18.6 Å². The van der Waals surface area contributed by atoms with Gasteiger partial charge in [-0.3, -0.25) is 4.79 Å². The predicted molar refractivity (Wildman–Crippen MR) is 90.7 cm³/mol. The average molecular weight is 308 g/mol. The quantitative estimate of drug-likeness (QED) is 0.612. The van der Waals surface area contributed by atoms with Crippen molar-refractivity contribution in [3.8, 4) is 16.2 Å². The summed E-state index contributed by atoms with van der Waals surface area (Å²) in [5.74, 6) is 0.717. The lowest BCUT2D eigenvalue weighted by molar-refractivity contribution is 0.112. The number of aldehydes is 1. The molecule has 0 bridgehead atoms. The average Bonchev–Trinajstić information content (AvgIpc) is 3.00. The van der Waals surface area contributed by atoms with Crippen LogP contribution in [0.4, 0.5) is 0 Å². The van der Waals surface area contributed by atoms with Crippen molar-refractivity contribution in [3.63, 3.8) is 0 Å². The minimum absolute atomic E-state index is 0.492. The van der Waals surface area contributed by atoms with Crippen molar-refractivity contribution >= 4 is 17.6 Å². The Balaban J connectivity index is 1.86. The zero-order valence-corrected chi connectivity index (χ0v) is 13.1. The van der Waals surface area contributed by atoms with Gasteiger partial charge in [-0.25, -0.2) is 0 Å². The molecule has 0 saturated carbocycles. The van der Waals surface area contributed by atoms with Gasteiger partial charge >= 0.3 is 0 Å². The number of hydrogen-bond acceptors (Lipinski definition) is 3. The first-order chi connectivity index (χ1) is 10.7. The third-order valence-corrected chi connectivity index (χ3v) is 4.39. The van der Waals surface area contributed by atoms with Crippen LogP contribution < -0.4 is 4.74 Å². The van der Waals surface area contributed by atoms with Crippen LogP contribution in [0.15, 0.2) is 60.7 Å². The zero-order valence-electron chi connectivity index (χ0n) is 12.3. The molecule has 0 N–H and O–H groups in total. The molecular formula is C19H16O2S. The normalized spacial score (nSPS) is 10.4. The van der Waals surface area contributed by atoms with E-state index in [-0.39, 0.29) is 0 Å². The summed E-state index contributed by atoms with van der Waals surface area (Å²) in [7, 11) is 0. The Morgan fingerprint density at radius 3 is 2.55 bits per heavy atom. The monoisotopic (exact) mass is 308 g/mol. The van der Waals surface area contributed by atoms with Crippen molar-refractivity contribution in [2.45, 2.75) is 13.5 Å². The van der Waals surface area contributed by atoms with Crippen LogP contribution in [0.25, 0.3) is 10.4 Å². The number of benzene rings is 2. The highest BCUT2D eigenvalue weighted by Crippen LogP contribution is 2.31. The molecule has 0 fully saturated rings. The fourth-order valence-electron chi connectivity index (χ4n) is 2.25. The Labute approximate surface area is 134 Å². The molecule has 0 spiro atoms. The van der Waals surface area contributed by atoms with Gasteiger partial charge in [-0.05, 0) is 48.4 Å². The molecule has 2 aromatic carbocycles. The second-order valence-corrected chi connectivity index (χ2v) is 6.38. The van der Waals surface area contributed by atoms with Gasteiger partial charge in [0.2, 0.25) is 0 Å². The lowest BCUT2D eigenvalue weighted by Crippen LogP contribution is -1.96. The van der Waals surface area contributed by atoms with Crippen molar-refractivity contribution in [2.75, 3.05) is 0 Å². The van der Waals surface area contributed by atoms with Crippen molar-refractivity contribution in [3.05, 3.63) is 76.7 Å². The van der Waals surface area contributed by atoms with Gasteiger partial charge in [0.25, 0.3) is 0 Å². The minimum Gasteiger partial charge on any atom is -0.489 e. The van der Waals surface area contributed by atoms with Gasteiger partial charge in [-0.2, -0.15) is 0 Å². The first kappa shape index (κ1) is 14.5. The SMILES string of the molecule is Cc1ccc(-c2cc(C=O)cc(OCc3ccccc3)c2)s1. The number of hydrogen-bond donors (Lipinski definition) is 0. The van der Waals surface area contributed by atoms with Crippen LogP contribution in [-0.4, -0.2) is 6.29 Å². The van der Waals surface area contributed by atoms with Crippen LogP contribution in [0.1, 0.15) is 20.8 Å². The number of carbonyl (C=O) groups is 1. The van der Waals surface area contributed by atoms with E-state index in [9.17, 15) is 4.79 Å². The summed E-state index contributed by atoms with van der Waals surface area (Å²) in [4.78, 5) is 13.6. The third-order valence-electron chi connectivity index (χ3n) is 3.34. The molecule has 0 aliphatic rings. The van der Waals surface area contributed by atoms with Gasteiger partial charge in [-0.15, -0.1) is 11.3 Å². The Hall–Kier alpha value is -2.39. The molecule has 3 heteroatoms. The predicted octanol–water partition coefficient (Wildman–Crippen LogP) is 5.12. The molecule has 1 heterocycles. The molecule has 3 aromatic rings. The molecule has 0 saturated heterocycles. The van der Waals surface area contributed by atoms with Crippen LogP contribution in [0.2, 0.25) is 0 Å². The highest BCUT2D eigenvalue weighted by Gasteiger charge is 2.06. The van der Waals surface area contributed by atoms with E-state index in [2.05, 4.69) is 19.1 Å². The zero-order chi connectivity index (χ0) is 15.4. The summed E-state index contributed by atoms with van der Waals surface area (Å²) < 4.78 is 5.85. The van der Waals surface area contributed by atoms with Crippen LogP contribution in [0.3, 0.4) is 0 Å². The molecule has 110 valence electrons. The van der Waals surface area contributed by atoms with Crippen molar-refractivity contribution in [2.24, 2.45) is 0 Å². The summed E-state index contributed by atoms with van der Waals surface area (Å²) in [6, 6.07) is 19.8. The standard InChI is InChI=1S/C19H16O2S/c1-14-7-8-19(22-14)17-9-16(12-20)10-18(11-17)21-13-15-5-3-2-4-6-15/h2-12H,13H2,1H3. The van der Waals surface area contributed by atoms with E-state index in [1.807, 2.05) is 42.5 Å². The first-order valence-corrected chi connectivity index (χ1v) is 7.90. The largest absolute Gasteiger partial charge is 0.489 e. The summed E-state index contributed by atoms with van der Waals surface area (Å²) in [5.41, 5.74) is 2.75. The fraction of sp³-hybridized carbons (Fsp3) is 0.105. The Morgan fingerprint density at radius 2 is 1.86 bits per heavy atom. The van der Waals surface area contributed by atoms with Crippen LogP contribution >= 0.6 is 11.3 Å². The number of thiophene rings is 1. The lowest BCUT2D eigenvalue weighted by atomic mass is 10.1. The summed E-state index contributed by atoms with van der Waals surface area (Å²) in [6.07, 6.45) is 0.860. The van der Waals surface area contributed by atoms with E-state index < -0.39 is 0 Å². The fourth-order valence-corrected chi connectivity index (χ4v) is 3.10. The topological polar surface area (TPSA) is 26.3 Å². The lowest BCUT2D eigenvalue weighted by Gasteiger charge is -2.09. The van der Waals surface area contributed by atoms with Crippen LogP contribution in [0, 0.1) is 6.92 Å². The number of ether oxygens (including phenoxy) is 1. The molecule has 3 rings (SSSR count). The molecule has 0 aliphatic heterocycles. The second-order valence-electron chi connectivity index (χ2n) is 5.09. The molecule has 0 unspecified atom stereocenters. The molecule has 0 aliphatic carbocycles. The molecular weight excluding hydrogens is 292 g/mol. The molecule has 22 heavy (non-hydrogen) atoms. The molecule has 1 aromatic heterocycles. The number of aryl methyl sites for hydroxylation is 1. The molecule has 2 nitrogen and oxygen atoms in total. The highest BCUT2D eigenvalue weighted by atomic mass is 32.1. The second kappa shape index (κ2) is 6.58.